The summed E-state index contributed by atoms with van der Waals surface area (Å²) in [7, 11) is 0. The predicted molar refractivity (Wildman–Crippen MR) is 67.3 cm³/mol. The van der Waals surface area contributed by atoms with E-state index in [1.807, 2.05) is 20.8 Å². The molecule has 1 N–H and O–H groups in total. The quantitative estimate of drug-likeness (QED) is 0.843. The molecule has 16 heavy (non-hydrogen) atoms. The van der Waals surface area contributed by atoms with Gasteiger partial charge in [-0.05, 0) is 43.4 Å². The van der Waals surface area contributed by atoms with Crippen LogP contribution in [0.25, 0.3) is 0 Å². The normalized spacial score (nSPS) is 10.9. The summed E-state index contributed by atoms with van der Waals surface area (Å²) < 4.78 is 5.82. The maximum absolute atomic E-state index is 9.82. The minimum Gasteiger partial charge on any atom is -0.508 e. The van der Waals surface area contributed by atoms with Crippen LogP contribution in [-0.4, -0.2) is 11.7 Å². The van der Waals surface area contributed by atoms with Gasteiger partial charge < -0.3 is 9.84 Å². The van der Waals surface area contributed by atoms with Crippen LogP contribution in [0.1, 0.15) is 37.5 Å². The topological polar surface area (TPSA) is 29.5 Å². The van der Waals surface area contributed by atoms with Gasteiger partial charge in [-0.25, -0.2) is 0 Å². The first-order chi connectivity index (χ1) is 7.47. The third kappa shape index (κ3) is 2.69. The first kappa shape index (κ1) is 12.9. The second kappa shape index (κ2) is 5.24. The van der Waals surface area contributed by atoms with Crippen molar-refractivity contribution in [3.63, 3.8) is 0 Å². The highest BCUT2D eigenvalue weighted by molar-refractivity contribution is 5.52. The van der Waals surface area contributed by atoms with E-state index < -0.39 is 0 Å². The molecule has 2 nitrogen and oxygen atoms in total. The van der Waals surface area contributed by atoms with Crippen molar-refractivity contribution in [3.05, 3.63) is 22.8 Å². The van der Waals surface area contributed by atoms with E-state index in [2.05, 4.69) is 13.8 Å². The number of phenols is 1. The smallest absolute Gasteiger partial charge is 0.125 e. The molecule has 0 heterocycles. The zero-order chi connectivity index (χ0) is 12.3. The van der Waals surface area contributed by atoms with Crippen LogP contribution in [-0.2, 0) is 6.42 Å². The molecule has 0 aliphatic carbocycles. The van der Waals surface area contributed by atoms with E-state index in [0.717, 1.165) is 35.5 Å². The second-order valence-electron chi connectivity index (χ2n) is 4.70. The largest absolute Gasteiger partial charge is 0.508 e. The molecule has 0 saturated carbocycles. The van der Waals surface area contributed by atoms with Crippen molar-refractivity contribution in [2.75, 3.05) is 6.61 Å². The first-order valence-electron chi connectivity index (χ1n) is 5.92. The highest BCUT2D eigenvalue weighted by Gasteiger charge is 2.12. The van der Waals surface area contributed by atoms with Crippen molar-refractivity contribution in [2.24, 2.45) is 5.92 Å². The Bertz CT molecular complexity index is 367. The number of aromatic hydroxyl groups is 1. The predicted octanol–water partition coefficient (Wildman–Crippen LogP) is 3.61. The van der Waals surface area contributed by atoms with Gasteiger partial charge in [-0.15, -0.1) is 0 Å². The monoisotopic (exact) mass is 222 g/mol. The van der Waals surface area contributed by atoms with Gasteiger partial charge in [0.15, 0.2) is 0 Å². The average molecular weight is 222 g/mol. The molecule has 0 spiro atoms. The minimum atomic E-state index is 0.384. The van der Waals surface area contributed by atoms with Gasteiger partial charge in [0.2, 0.25) is 0 Å². The van der Waals surface area contributed by atoms with E-state index in [0.29, 0.717) is 11.7 Å². The van der Waals surface area contributed by atoms with E-state index in [9.17, 15) is 5.11 Å². The molecule has 0 fully saturated rings. The number of rotatable bonds is 4. The Morgan fingerprint density at radius 2 is 1.94 bits per heavy atom. The van der Waals surface area contributed by atoms with Gasteiger partial charge in [0, 0.05) is 5.56 Å². The fourth-order valence-electron chi connectivity index (χ4n) is 1.90. The lowest BCUT2D eigenvalue weighted by molar-refractivity contribution is 0.267. The number of ether oxygens (including phenoxy) is 1. The summed E-state index contributed by atoms with van der Waals surface area (Å²) in [5.41, 5.74) is 3.07. The molecule has 0 atom stereocenters. The van der Waals surface area contributed by atoms with Crippen LogP contribution in [0, 0.1) is 19.8 Å². The van der Waals surface area contributed by atoms with Crippen molar-refractivity contribution >= 4 is 0 Å². The van der Waals surface area contributed by atoms with Crippen molar-refractivity contribution < 1.29 is 9.84 Å². The summed E-state index contributed by atoms with van der Waals surface area (Å²) in [6.45, 7) is 11.0. The number of hydrogen-bond acceptors (Lipinski definition) is 2. The van der Waals surface area contributed by atoms with Crippen molar-refractivity contribution in [2.45, 2.75) is 41.0 Å². The van der Waals surface area contributed by atoms with Crippen molar-refractivity contribution in [3.8, 4) is 11.5 Å². The average Bonchev–Trinajstić information content (AvgIpc) is 2.16. The second-order valence-corrected chi connectivity index (χ2v) is 4.70. The summed E-state index contributed by atoms with van der Waals surface area (Å²) >= 11 is 0. The molecule has 0 bridgehead atoms. The lowest BCUT2D eigenvalue weighted by atomic mass is 10.0. The Labute approximate surface area is 98.3 Å². The zero-order valence-electron chi connectivity index (χ0n) is 10.9. The van der Waals surface area contributed by atoms with Crippen LogP contribution in [0.4, 0.5) is 0 Å². The molecule has 2 heteroatoms. The van der Waals surface area contributed by atoms with Gasteiger partial charge in [0.05, 0.1) is 6.61 Å². The Kier molecular flexibility index (Phi) is 4.22. The molecule has 1 aromatic rings. The van der Waals surface area contributed by atoms with Crippen LogP contribution >= 0.6 is 0 Å². The molecular formula is C14H22O2. The lowest BCUT2D eigenvalue weighted by Crippen LogP contribution is -2.07. The van der Waals surface area contributed by atoms with Crippen LogP contribution in [0.3, 0.4) is 0 Å². The van der Waals surface area contributed by atoms with E-state index in [4.69, 9.17) is 4.74 Å². The molecule has 0 amide bonds. The van der Waals surface area contributed by atoms with E-state index in [1.165, 1.54) is 0 Å². The van der Waals surface area contributed by atoms with Crippen LogP contribution in [0.2, 0.25) is 0 Å². The SMILES string of the molecule is CCc1c(O)cc(C)c(OCC(C)C)c1C. The van der Waals surface area contributed by atoms with Crippen molar-refractivity contribution in [1.82, 2.24) is 0 Å². The van der Waals surface area contributed by atoms with Crippen LogP contribution < -0.4 is 4.74 Å². The van der Waals surface area contributed by atoms with Crippen molar-refractivity contribution in [1.29, 1.82) is 0 Å². The summed E-state index contributed by atoms with van der Waals surface area (Å²) in [5, 5.41) is 9.82. The summed E-state index contributed by atoms with van der Waals surface area (Å²) in [4.78, 5) is 0. The molecule has 0 unspecified atom stereocenters. The fraction of sp³-hybridized carbons (Fsp3) is 0.571. The number of phenolic OH excluding ortho intramolecular Hbond substituents is 1. The molecule has 0 aliphatic rings. The maximum Gasteiger partial charge on any atom is 0.125 e. The van der Waals surface area contributed by atoms with E-state index >= 15 is 0 Å². The van der Waals surface area contributed by atoms with Gasteiger partial charge in [0.1, 0.15) is 11.5 Å². The van der Waals surface area contributed by atoms with Crippen LogP contribution in [0.15, 0.2) is 6.07 Å². The lowest BCUT2D eigenvalue weighted by Gasteiger charge is -2.17. The zero-order valence-corrected chi connectivity index (χ0v) is 10.9. The molecule has 90 valence electrons. The Hall–Kier alpha value is -1.18. The summed E-state index contributed by atoms with van der Waals surface area (Å²) in [6, 6.07) is 1.79. The summed E-state index contributed by atoms with van der Waals surface area (Å²) in [5.74, 6) is 1.83. The van der Waals surface area contributed by atoms with Crippen LogP contribution in [0.5, 0.6) is 11.5 Å². The Morgan fingerprint density at radius 3 is 2.44 bits per heavy atom. The van der Waals surface area contributed by atoms with Gasteiger partial charge in [-0.1, -0.05) is 20.8 Å². The van der Waals surface area contributed by atoms with Gasteiger partial charge in [0.25, 0.3) is 0 Å². The Morgan fingerprint density at radius 1 is 1.31 bits per heavy atom. The first-order valence-corrected chi connectivity index (χ1v) is 5.92. The van der Waals surface area contributed by atoms with E-state index in [-0.39, 0.29) is 0 Å². The maximum atomic E-state index is 9.82. The fourth-order valence-corrected chi connectivity index (χ4v) is 1.90. The highest BCUT2D eigenvalue weighted by atomic mass is 16.5. The molecule has 0 aromatic heterocycles. The van der Waals surface area contributed by atoms with E-state index in [1.54, 1.807) is 6.07 Å². The standard InChI is InChI=1S/C14H22O2/c1-6-12-11(5)14(16-8-9(2)3)10(4)7-13(12)15/h7,9,15H,6,8H2,1-5H3. The molecule has 0 aliphatic heterocycles. The molecule has 1 aromatic carbocycles. The summed E-state index contributed by atoms with van der Waals surface area (Å²) in [6.07, 6.45) is 0.829. The van der Waals surface area contributed by atoms with Gasteiger partial charge in [-0.3, -0.25) is 0 Å². The molecule has 0 saturated heterocycles. The number of aryl methyl sites for hydroxylation is 1. The Balaban J connectivity index is 3.08. The van der Waals surface area contributed by atoms with Gasteiger partial charge >= 0.3 is 0 Å². The minimum absolute atomic E-state index is 0.384. The highest BCUT2D eigenvalue weighted by Crippen LogP contribution is 2.33. The molecule has 0 radical (unpaired) electrons. The third-order valence-electron chi connectivity index (χ3n) is 2.73. The number of benzene rings is 1. The molecule has 1 rings (SSSR count). The third-order valence-corrected chi connectivity index (χ3v) is 2.73. The number of hydrogen-bond donors (Lipinski definition) is 1. The van der Waals surface area contributed by atoms with Gasteiger partial charge in [-0.2, -0.15) is 0 Å². The molecular weight excluding hydrogens is 200 g/mol.